The van der Waals surface area contributed by atoms with Gasteiger partial charge in [-0.15, -0.1) is 0 Å². The summed E-state index contributed by atoms with van der Waals surface area (Å²) in [5.41, 5.74) is -0.931. The number of benzene rings is 1. The summed E-state index contributed by atoms with van der Waals surface area (Å²) in [7, 11) is 0. The number of oxime groups is 1. The molecule has 10 heteroatoms. The molecule has 0 fully saturated rings. The van der Waals surface area contributed by atoms with Gasteiger partial charge in [0.1, 0.15) is 5.02 Å². The average Bonchev–Trinajstić information content (AvgIpc) is 2.57. The summed E-state index contributed by atoms with van der Waals surface area (Å²) in [6.07, 6.45) is -4.05. The van der Waals surface area contributed by atoms with Gasteiger partial charge in [0.15, 0.2) is 5.71 Å². The van der Waals surface area contributed by atoms with Crippen molar-refractivity contribution in [2.75, 3.05) is 6.61 Å². The van der Waals surface area contributed by atoms with Crippen molar-refractivity contribution >= 4 is 34.9 Å². The largest absolute Gasteiger partial charge is 0.461 e. The first-order chi connectivity index (χ1) is 12.2. The van der Waals surface area contributed by atoms with E-state index in [4.69, 9.17) is 32.8 Å². The monoisotopic (exact) mass is 406 g/mol. The fraction of sp³-hybridized carbons (Fsp3) is 0.188. The molecule has 0 atom stereocenters. The molecule has 0 aliphatic heterocycles. The Balaban J connectivity index is 2.33. The number of nitrogens with zero attached hydrogens (tertiary/aromatic N) is 2. The molecule has 0 saturated carbocycles. The van der Waals surface area contributed by atoms with Crippen molar-refractivity contribution in [3.8, 4) is 5.88 Å². The second-order valence-electron chi connectivity index (χ2n) is 4.77. The van der Waals surface area contributed by atoms with Gasteiger partial charge in [-0.3, -0.25) is 0 Å². The molecule has 0 unspecified atom stereocenters. The van der Waals surface area contributed by atoms with E-state index in [0.717, 1.165) is 0 Å². The minimum Gasteiger partial charge on any atom is -0.461 e. The maximum absolute atomic E-state index is 12.6. The van der Waals surface area contributed by atoms with E-state index in [1.54, 1.807) is 6.92 Å². The van der Waals surface area contributed by atoms with E-state index in [-0.39, 0.29) is 12.3 Å². The molecule has 1 aromatic heterocycles. The van der Waals surface area contributed by atoms with Crippen molar-refractivity contribution in [2.24, 2.45) is 5.16 Å². The minimum atomic E-state index is -4.60. The number of rotatable bonds is 5. The number of ether oxygens (including phenoxy) is 1. The zero-order valence-corrected chi connectivity index (χ0v) is 14.7. The van der Waals surface area contributed by atoms with Crippen molar-refractivity contribution in [2.45, 2.75) is 13.1 Å². The Hall–Kier alpha value is -2.32. The average molecular weight is 407 g/mol. The molecular formula is C16H11Cl2F3N2O3. The van der Waals surface area contributed by atoms with Crippen molar-refractivity contribution in [1.82, 2.24) is 4.98 Å². The molecule has 0 bridgehead atoms. The molecule has 2 aromatic rings. The molecule has 1 heterocycles. The highest BCUT2D eigenvalue weighted by Gasteiger charge is 2.32. The summed E-state index contributed by atoms with van der Waals surface area (Å²) in [6.45, 7) is 1.69. The zero-order valence-electron chi connectivity index (χ0n) is 13.2. The third-order valence-electron chi connectivity index (χ3n) is 2.94. The quantitative estimate of drug-likeness (QED) is 0.408. The summed E-state index contributed by atoms with van der Waals surface area (Å²) in [6, 6.07) is 6.70. The topological polar surface area (TPSA) is 60.8 Å². The molecule has 0 aliphatic carbocycles. The van der Waals surface area contributed by atoms with Crippen molar-refractivity contribution in [3.63, 3.8) is 0 Å². The molecule has 5 nitrogen and oxygen atoms in total. The number of alkyl halides is 3. The Kier molecular flexibility index (Phi) is 6.44. The molecular weight excluding hydrogens is 396 g/mol. The highest BCUT2D eigenvalue weighted by Crippen LogP contribution is 2.33. The van der Waals surface area contributed by atoms with Gasteiger partial charge in [0.05, 0.1) is 12.2 Å². The Morgan fingerprint density at radius 2 is 1.88 bits per heavy atom. The molecule has 0 N–H and O–H groups in total. The van der Waals surface area contributed by atoms with E-state index in [1.807, 2.05) is 0 Å². The second kappa shape index (κ2) is 8.37. The summed E-state index contributed by atoms with van der Waals surface area (Å²) < 4.78 is 42.7. The maximum atomic E-state index is 12.6. The van der Waals surface area contributed by atoms with Gasteiger partial charge in [-0.25, -0.2) is 9.78 Å². The Morgan fingerprint density at radius 1 is 1.23 bits per heavy atom. The van der Waals surface area contributed by atoms with Gasteiger partial charge in [0.25, 0.3) is 5.88 Å². The standard InChI is InChI=1S/C16H11Cl2F3N2O3/c1-2-25-15(24)13(9-3-5-11(17)6-4-9)23-26-14-12(18)7-10(8-22-14)16(19,20)21/h3-8H,2H2,1H3/b23-13-. The van der Waals surface area contributed by atoms with Gasteiger partial charge < -0.3 is 9.57 Å². The van der Waals surface area contributed by atoms with Crippen LogP contribution < -0.4 is 4.84 Å². The Bertz CT molecular complexity index is 824. The van der Waals surface area contributed by atoms with Gasteiger partial charge in [0, 0.05) is 16.8 Å². The molecule has 0 amide bonds. The number of aromatic nitrogens is 1. The molecule has 26 heavy (non-hydrogen) atoms. The van der Waals surface area contributed by atoms with E-state index in [0.29, 0.717) is 22.8 Å². The lowest BCUT2D eigenvalue weighted by molar-refractivity contribution is -0.138. The summed E-state index contributed by atoms with van der Waals surface area (Å²) in [5.74, 6) is -1.19. The van der Waals surface area contributed by atoms with Crippen LogP contribution in [-0.2, 0) is 15.7 Å². The Morgan fingerprint density at radius 3 is 2.42 bits per heavy atom. The van der Waals surface area contributed by atoms with Gasteiger partial charge in [-0.2, -0.15) is 13.2 Å². The molecule has 2 rings (SSSR count). The maximum Gasteiger partial charge on any atom is 0.417 e. The predicted molar refractivity (Wildman–Crippen MR) is 89.5 cm³/mol. The molecule has 1 aromatic carbocycles. The normalized spacial score (nSPS) is 12.0. The van der Waals surface area contributed by atoms with E-state index < -0.39 is 28.6 Å². The van der Waals surface area contributed by atoms with Gasteiger partial charge in [0.2, 0.25) is 0 Å². The fourth-order valence-corrected chi connectivity index (χ4v) is 2.08. The van der Waals surface area contributed by atoms with Crippen LogP contribution in [0, 0.1) is 0 Å². The van der Waals surface area contributed by atoms with E-state index in [9.17, 15) is 18.0 Å². The predicted octanol–water partition coefficient (Wildman–Crippen LogP) is 4.75. The molecule has 0 aliphatic rings. The molecule has 0 radical (unpaired) electrons. The lowest BCUT2D eigenvalue weighted by atomic mass is 10.1. The minimum absolute atomic E-state index is 0.0880. The SMILES string of the molecule is CCOC(=O)/C(=N\Oc1ncc(C(F)(F)F)cc1Cl)c1ccc(Cl)cc1. The summed E-state index contributed by atoms with van der Waals surface area (Å²) >= 11 is 11.5. The highest BCUT2D eigenvalue weighted by atomic mass is 35.5. The van der Waals surface area contributed by atoms with Crippen LogP contribution in [0.25, 0.3) is 0 Å². The molecule has 0 saturated heterocycles. The van der Waals surface area contributed by atoms with Crippen molar-refractivity contribution < 1.29 is 27.5 Å². The van der Waals surface area contributed by atoms with Crippen LogP contribution in [0.15, 0.2) is 41.7 Å². The molecule has 138 valence electrons. The first-order valence-electron chi connectivity index (χ1n) is 7.13. The van der Waals surface area contributed by atoms with Crippen molar-refractivity contribution in [3.05, 3.63) is 57.7 Å². The van der Waals surface area contributed by atoms with Crippen LogP contribution in [0.4, 0.5) is 13.2 Å². The number of hydrogen-bond donors (Lipinski definition) is 0. The van der Waals surface area contributed by atoms with Crippen LogP contribution in [0.3, 0.4) is 0 Å². The lowest BCUT2D eigenvalue weighted by Crippen LogP contribution is -2.20. The highest BCUT2D eigenvalue weighted by molar-refractivity contribution is 6.43. The van der Waals surface area contributed by atoms with Crippen LogP contribution in [0.2, 0.25) is 10.0 Å². The number of halogens is 5. The summed E-state index contributed by atoms with van der Waals surface area (Å²) in [4.78, 5) is 20.5. The number of pyridine rings is 1. The van der Waals surface area contributed by atoms with Crippen LogP contribution in [0.1, 0.15) is 18.1 Å². The number of carbonyl (C=O) groups excluding carboxylic acids is 1. The fourth-order valence-electron chi connectivity index (χ4n) is 1.75. The smallest absolute Gasteiger partial charge is 0.417 e. The first-order valence-corrected chi connectivity index (χ1v) is 7.88. The number of esters is 1. The van der Waals surface area contributed by atoms with Gasteiger partial charge >= 0.3 is 12.1 Å². The Labute approximate surface area is 156 Å². The second-order valence-corrected chi connectivity index (χ2v) is 5.61. The first kappa shape index (κ1) is 20.0. The van der Waals surface area contributed by atoms with E-state index in [2.05, 4.69) is 10.1 Å². The summed E-state index contributed by atoms with van der Waals surface area (Å²) in [5, 5.41) is 3.66. The lowest BCUT2D eigenvalue weighted by Gasteiger charge is -2.09. The van der Waals surface area contributed by atoms with E-state index >= 15 is 0 Å². The van der Waals surface area contributed by atoms with Crippen molar-refractivity contribution in [1.29, 1.82) is 0 Å². The van der Waals surface area contributed by atoms with Crippen LogP contribution in [0.5, 0.6) is 5.88 Å². The van der Waals surface area contributed by atoms with Crippen LogP contribution in [-0.4, -0.2) is 23.3 Å². The third-order valence-corrected chi connectivity index (χ3v) is 3.47. The van der Waals surface area contributed by atoms with E-state index in [1.165, 1.54) is 24.3 Å². The zero-order chi connectivity index (χ0) is 19.3. The van der Waals surface area contributed by atoms with Crippen LogP contribution >= 0.6 is 23.2 Å². The number of hydrogen-bond acceptors (Lipinski definition) is 5. The molecule has 0 spiro atoms. The number of carbonyl (C=O) groups is 1. The van der Waals surface area contributed by atoms with Gasteiger partial charge in [-0.1, -0.05) is 40.5 Å². The third kappa shape index (κ3) is 5.09. The van der Waals surface area contributed by atoms with Gasteiger partial charge in [-0.05, 0) is 25.1 Å².